The third-order valence-electron chi connectivity index (χ3n) is 3.42. The molecule has 1 rings (SSSR count). The first kappa shape index (κ1) is 17.1. The molecule has 0 spiro atoms. The lowest BCUT2D eigenvalue weighted by molar-refractivity contribution is 0.443. The Labute approximate surface area is 121 Å². The van der Waals surface area contributed by atoms with Crippen LogP contribution in [0.4, 0.5) is 0 Å². The average Bonchev–Trinajstić information content (AvgIpc) is 2.88. The van der Waals surface area contributed by atoms with Crippen molar-refractivity contribution in [1.82, 2.24) is 20.2 Å². The maximum Gasteiger partial charge on any atom is 0.257 e. The standard InChI is InChI=1S/C13H26N4O2S/c1-4-6-7-11(5-2)8-16-20(18,19)13-12(9-14-3)10-15-17-13/h10-11,14,16H,4-9H2,1-3H3,(H,15,17). The highest BCUT2D eigenvalue weighted by Gasteiger charge is 2.21. The molecule has 0 radical (unpaired) electrons. The highest BCUT2D eigenvalue weighted by atomic mass is 32.2. The van der Waals surface area contributed by atoms with Gasteiger partial charge in [-0.1, -0.05) is 33.1 Å². The van der Waals surface area contributed by atoms with E-state index < -0.39 is 10.0 Å². The van der Waals surface area contributed by atoms with Gasteiger partial charge in [-0.15, -0.1) is 0 Å². The molecule has 0 aliphatic heterocycles. The van der Waals surface area contributed by atoms with Gasteiger partial charge in [0, 0.05) is 18.7 Å². The first-order chi connectivity index (χ1) is 9.55. The Balaban J connectivity index is 2.67. The van der Waals surface area contributed by atoms with Crippen molar-refractivity contribution in [2.45, 2.75) is 51.1 Å². The Kier molecular flexibility index (Phi) is 7.18. The number of hydrogen-bond acceptors (Lipinski definition) is 4. The minimum Gasteiger partial charge on any atom is -0.316 e. The van der Waals surface area contributed by atoms with Crippen molar-refractivity contribution in [3.05, 3.63) is 11.8 Å². The Hall–Kier alpha value is -0.920. The monoisotopic (exact) mass is 302 g/mol. The SMILES string of the molecule is CCCCC(CC)CNS(=O)(=O)c1[nH]ncc1CNC. The van der Waals surface area contributed by atoms with E-state index in [4.69, 9.17) is 0 Å². The molecule has 0 amide bonds. The van der Waals surface area contributed by atoms with Crippen molar-refractivity contribution in [2.75, 3.05) is 13.6 Å². The molecular formula is C13H26N4O2S. The molecular weight excluding hydrogens is 276 g/mol. The molecule has 1 aromatic heterocycles. The molecule has 1 heterocycles. The fourth-order valence-corrected chi connectivity index (χ4v) is 3.33. The molecule has 7 heteroatoms. The summed E-state index contributed by atoms with van der Waals surface area (Å²) in [5.74, 6) is 0.389. The zero-order valence-electron chi connectivity index (χ0n) is 12.6. The second kappa shape index (κ2) is 8.39. The Morgan fingerprint density at radius 2 is 2.15 bits per heavy atom. The van der Waals surface area contributed by atoms with Crippen molar-refractivity contribution < 1.29 is 8.42 Å². The number of unbranched alkanes of at least 4 members (excludes halogenated alkanes) is 1. The van der Waals surface area contributed by atoms with Gasteiger partial charge in [0.2, 0.25) is 0 Å². The van der Waals surface area contributed by atoms with Crippen molar-refractivity contribution in [2.24, 2.45) is 5.92 Å². The summed E-state index contributed by atoms with van der Waals surface area (Å²) in [6, 6.07) is 0. The van der Waals surface area contributed by atoms with E-state index in [9.17, 15) is 8.42 Å². The maximum atomic E-state index is 12.3. The van der Waals surface area contributed by atoms with E-state index in [0.717, 1.165) is 25.7 Å². The van der Waals surface area contributed by atoms with E-state index in [1.807, 2.05) is 0 Å². The van der Waals surface area contributed by atoms with Gasteiger partial charge in [-0.3, -0.25) is 5.10 Å². The number of nitrogens with zero attached hydrogens (tertiary/aromatic N) is 1. The second-order valence-corrected chi connectivity index (χ2v) is 6.73. The molecule has 1 atom stereocenters. The molecule has 3 N–H and O–H groups in total. The first-order valence-electron chi connectivity index (χ1n) is 7.21. The summed E-state index contributed by atoms with van der Waals surface area (Å²) in [6.07, 6.45) is 5.85. The van der Waals surface area contributed by atoms with E-state index >= 15 is 0 Å². The molecule has 0 fully saturated rings. The van der Waals surface area contributed by atoms with E-state index in [1.54, 1.807) is 13.2 Å². The van der Waals surface area contributed by atoms with Gasteiger partial charge in [-0.2, -0.15) is 5.10 Å². The summed E-state index contributed by atoms with van der Waals surface area (Å²) in [4.78, 5) is 0. The van der Waals surface area contributed by atoms with Crippen LogP contribution in [0, 0.1) is 5.92 Å². The zero-order valence-corrected chi connectivity index (χ0v) is 13.4. The number of aromatic nitrogens is 2. The van der Waals surface area contributed by atoms with Crippen LogP contribution in [0.25, 0.3) is 0 Å². The largest absolute Gasteiger partial charge is 0.316 e. The molecule has 6 nitrogen and oxygen atoms in total. The van der Waals surface area contributed by atoms with Crippen LogP contribution >= 0.6 is 0 Å². The molecule has 0 saturated heterocycles. The normalized spacial score (nSPS) is 13.6. The predicted molar refractivity (Wildman–Crippen MR) is 79.8 cm³/mol. The summed E-state index contributed by atoms with van der Waals surface area (Å²) in [5.41, 5.74) is 0.654. The summed E-state index contributed by atoms with van der Waals surface area (Å²) in [5, 5.41) is 9.49. The second-order valence-electron chi connectivity index (χ2n) is 5.02. The average molecular weight is 302 g/mol. The van der Waals surface area contributed by atoms with Gasteiger partial charge in [-0.05, 0) is 19.4 Å². The van der Waals surface area contributed by atoms with Crippen molar-refractivity contribution in [3.63, 3.8) is 0 Å². The lowest BCUT2D eigenvalue weighted by Crippen LogP contribution is -2.30. The Morgan fingerprint density at radius 1 is 1.40 bits per heavy atom. The fourth-order valence-electron chi connectivity index (χ4n) is 2.09. The van der Waals surface area contributed by atoms with Gasteiger partial charge in [0.25, 0.3) is 10.0 Å². The molecule has 116 valence electrons. The van der Waals surface area contributed by atoms with Gasteiger partial charge < -0.3 is 5.32 Å². The van der Waals surface area contributed by atoms with Crippen LogP contribution in [0.2, 0.25) is 0 Å². The molecule has 20 heavy (non-hydrogen) atoms. The van der Waals surface area contributed by atoms with Crippen LogP contribution in [0.1, 0.15) is 45.1 Å². The van der Waals surface area contributed by atoms with Crippen LogP contribution in [0.15, 0.2) is 11.2 Å². The number of H-pyrrole nitrogens is 1. The smallest absolute Gasteiger partial charge is 0.257 e. The Morgan fingerprint density at radius 3 is 2.75 bits per heavy atom. The van der Waals surface area contributed by atoms with Gasteiger partial charge in [0.15, 0.2) is 5.03 Å². The molecule has 0 aromatic carbocycles. The van der Waals surface area contributed by atoms with Crippen LogP contribution in [-0.4, -0.2) is 32.2 Å². The molecule has 0 saturated carbocycles. The predicted octanol–water partition coefficient (Wildman–Crippen LogP) is 1.62. The number of nitrogens with one attached hydrogen (secondary N) is 3. The minimum absolute atomic E-state index is 0.164. The van der Waals surface area contributed by atoms with Crippen LogP contribution in [0.3, 0.4) is 0 Å². The molecule has 0 aliphatic carbocycles. The summed E-state index contributed by atoms with van der Waals surface area (Å²) in [6.45, 7) is 5.19. The molecule has 0 aliphatic rings. The Bertz CT molecular complexity index is 484. The number of hydrogen-bond donors (Lipinski definition) is 3. The van der Waals surface area contributed by atoms with Crippen molar-refractivity contribution in [3.8, 4) is 0 Å². The van der Waals surface area contributed by atoms with E-state index in [0.29, 0.717) is 24.6 Å². The topological polar surface area (TPSA) is 86.9 Å². The fraction of sp³-hybridized carbons (Fsp3) is 0.769. The highest BCUT2D eigenvalue weighted by molar-refractivity contribution is 7.89. The zero-order chi connectivity index (χ0) is 15.0. The lowest BCUT2D eigenvalue weighted by Gasteiger charge is -2.15. The third kappa shape index (κ3) is 4.88. The van der Waals surface area contributed by atoms with Crippen LogP contribution < -0.4 is 10.0 Å². The van der Waals surface area contributed by atoms with Crippen LogP contribution in [-0.2, 0) is 16.6 Å². The van der Waals surface area contributed by atoms with E-state index in [2.05, 4.69) is 34.1 Å². The third-order valence-corrected chi connectivity index (χ3v) is 4.86. The van der Waals surface area contributed by atoms with Crippen LogP contribution in [0.5, 0.6) is 0 Å². The number of rotatable bonds is 10. The summed E-state index contributed by atoms with van der Waals surface area (Å²) >= 11 is 0. The van der Waals surface area contributed by atoms with Crippen molar-refractivity contribution >= 4 is 10.0 Å². The quantitative estimate of drug-likeness (QED) is 0.613. The molecule has 1 unspecified atom stereocenters. The van der Waals surface area contributed by atoms with E-state index in [-0.39, 0.29) is 5.03 Å². The maximum absolute atomic E-state index is 12.3. The minimum atomic E-state index is -3.51. The van der Waals surface area contributed by atoms with Gasteiger partial charge in [0.05, 0.1) is 6.20 Å². The molecule has 0 bridgehead atoms. The van der Waals surface area contributed by atoms with Gasteiger partial charge in [0.1, 0.15) is 0 Å². The van der Waals surface area contributed by atoms with Gasteiger partial charge >= 0.3 is 0 Å². The van der Waals surface area contributed by atoms with Gasteiger partial charge in [-0.25, -0.2) is 13.1 Å². The highest BCUT2D eigenvalue weighted by Crippen LogP contribution is 2.15. The molecule has 1 aromatic rings. The number of aromatic amines is 1. The number of sulfonamides is 1. The summed E-state index contributed by atoms with van der Waals surface area (Å²) in [7, 11) is -1.74. The van der Waals surface area contributed by atoms with Crippen molar-refractivity contribution in [1.29, 1.82) is 0 Å². The first-order valence-corrected chi connectivity index (χ1v) is 8.69. The van der Waals surface area contributed by atoms with E-state index in [1.165, 1.54) is 0 Å². The summed E-state index contributed by atoms with van der Waals surface area (Å²) < 4.78 is 27.2. The lowest BCUT2D eigenvalue weighted by atomic mass is 10.00.